The highest BCUT2D eigenvalue weighted by molar-refractivity contribution is 5.79. The van der Waals surface area contributed by atoms with E-state index in [0.717, 1.165) is 11.1 Å². The minimum Gasteiger partial charge on any atom is -0.496 e. The van der Waals surface area contributed by atoms with E-state index in [1.54, 1.807) is 21.3 Å². The monoisotopic (exact) mass is 338 g/mol. The third-order valence-electron chi connectivity index (χ3n) is 5.18. The second-order valence-electron chi connectivity index (χ2n) is 6.02. The summed E-state index contributed by atoms with van der Waals surface area (Å²) in [7, 11) is 6.03. The van der Waals surface area contributed by atoms with Crippen molar-refractivity contribution in [1.29, 1.82) is 0 Å². The number of fused-ring (bicyclic) bond motifs is 1. The summed E-state index contributed by atoms with van der Waals surface area (Å²) >= 11 is 0. The van der Waals surface area contributed by atoms with Crippen molar-refractivity contribution >= 4 is 5.97 Å². The van der Waals surface area contributed by atoms with Crippen LogP contribution in [-0.4, -0.2) is 39.5 Å². The number of esters is 1. The number of rotatable bonds is 5. The Morgan fingerprint density at radius 2 is 1.71 bits per heavy atom. The van der Waals surface area contributed by atoms with Gasteiger partial charge in [0.25, 0.3) is 0 Å². The predicted molar refractivity (Wildman–Crippen MR) is 88.9 cm³/mol. The van der Waals surface area contributed by atoms with Gasteiger partial charge in [-0.1, -0.05) is 6.92 Å². The lowest BCUT2D eigenvalue weighted by Gasteiger charge is -2.41. The molecule has 0 amide bonds. The van der Waals surface area contributed by atoms with Gasteiger partial charge < -0.3 is 24.1 Å². The molecule has 0 heterocycles. The third kappa shape index (κ3) is 2.40. The Labute approximate surface area is 142 Å². The highest BCUT2D eigenvalue weighted by atomic mass is 16.5. The molecule has 0 fully saturated rings. The van der Waals surface area contributed by atoms with Crippen molar-refractivity contribution < 1.29 is 28.8 Å². The van der Waals surface area contributed by atoms with Gasteiger partial charge in [0.1, 0.15) is 5.75 Å². The zero-order chi connectivity index (χ0) is 18.1. The minimum atomic E-state index is -1.04. The van der Waals surface area contributed by atoms with Gasteiger partial charge in [-0.2, -0.15) is 0 Å². The summed E-state index contributed by atoms with van der Waals surface area (Å²) in [6.07, 6.45) is 0.463. The maximum atomic E-state index is 12.4. The van der Waals surface area contributed by atoms with Crippen LogP contribution in [-0.2, 0) is 16.0 Å². The zero-order valence-electron chi connectivity index (χ0n) is 15.2. The quantitative estimate of drug-likeness (QED) is 0.832. The molecule has 6 nitrogen and oxygen atoms in total. The van der Waals surface area contributed by atoms with Gasteiger partial charge in [0.2, 0.25) is 0 Å². The van der Waals surface area contributed by atoms with Crippen molar-refractivity contribution in [2.24, 2.45) is 5.41 Å². The summed E-state index contributed by atoms with van der Waals surface area (Å²) in [6, 6.07) is 0. The second-order valence-corrected chi connectivity index (χ2v) is 6.02. The summed E-state index contributed by atoms with van der Waals surface area (Å²) in [6.45, 7) is 3.72. The van der Waals surface area contributed by atoms with Crippen LogP contribution < -0.4 is 14.2 Å². The van der Waals surface area contributed by atoms with Gasteiger partial charge in [-0.05, 0) is 26.2 Å². The average Bonchev–Trinajstić information content (AvgIpc) is 2.61. The topological polar surface area (TPSA) is 74.2 Å². The predicted octanol–water partition coefficient (Wildman–Crippen LogP) is 2.57. The van der Waals surface area contributed by atoms with E-state index in [1.807, 2.05) is 13.8 Å². The number of ether oxygens (including phenoxy) is 4. The van der Waals surface area contributed by atoms with Gasteiger partial charge >= 0.3 is 5.97 Å². The van der Waals surface area contributed by atoms with Crippen LogP contribution in [0.25, 0.3) is 0 Å². The van der Waals surface area contributed by atoms with Crippen molar-refractivity contribution in [3.8, 4) is 17.2 Å². The summed E-state index contributed by atoms with van der Waals surface area (Å²) in [5.74, 6) is 1.29. The molecule has 6 heteroatoms. The van der Waals surface area contributed by atoms with Gasteiger partial charge in [-0.3, -0.25) is 4.79 Å². The fourth-order valence-electron chi connectivity index (χ4n) is 3.83. The van der Waals surface area contributed by atoms with E-state index in [9.17, 15) is 9.90 Å². The lowest BCUT2D eigenvalue weighted by Crippen LogP contribution is -2.41. The Bertz CT molecular complexity index is 639. The van der Waals surface area contributed by atoms with Gasteiger partial charge in [0, 0.05) is 16.7 Å². The van der Waals surface area contributed by atoms with E-state index in [-0.39, 0.29) is 0 Å². The Morgan fingerprint density at radius 3 is 2.17 bits per heavy atom. The van der Waals surface area contributed by atoms with E-state index in [1.165, 1.54) is 7.11 Å². The van der Waals surface area contributed by atoms with E-state index >= 15 is 0 Å². The molecular weight excluding hydrogens is 312 g/mol. The van der Waals surface area contributed by atoms with Crippen LogP contribution in [0.2, 0.25) is 0 Å². The first-order valence-electron chi connectivity index (χ1n) is 8.01. The first kappa shape index (κ1) is 18.4. The lowest BCUT2D eigenvalue weighted by molar-refractivity contribution is -0.163. The largest absolute Gasteiger partial charge is 0.496 e. The fourth-order valence-corrected chi connectivity index (χ4v) is 3.83. The standard InChI is InChI=1S/C18H26O6/c1-7-18(17(20)24-6)9-8-11-12(16(18)19)13(21-3)10(2)14(22-4)15(11)23-5/h16,19H,7-9H2,1-6H3/t16-,18+/m0/s1. The lowest BCUT2D eigenvalue weighted by atomic mass is 9.67. The molecule has 1 N–H and O–H groups in total. The first-order valence-corrected chi connectivity index (χ1v) is 8.01. The number of hydrogen-bond acceptors (Lipinski definition) is 6. The number of aliphatic hydroxyl groups excluding tert-OH is 1. The second kappa shape index (κ2) is 6.89. The van der Waals surface area contributed by atoms with Gasteiger partial charge in [-0.15, -0.1) is 0 Å². The van der Waals surface area contributed by atoms with Gasteiger partial charge in [0.05, 0.1) is 40.0 Å². The third-order valence-corrected chi connectivity index (χ3v) is 5.18. The minimum absolute atomic E-state index is 0.405. The normalized spacial score (nSPS) is 22.5. The molecule has 1 aromatic carbocycles. The van der Waals surface area contributed by atoms with Crippen LogP contribution >= 0.6 is 0 Å². The summed E-state index contributed by atoms with van der Waals surface area (Å²) in [5, 5.41) is 11.1. The number of hydrogen-bond donors (Lipinski definition) is 1. The van der Waals surface area contributed by atoms with E-state index in [2.05, 4.69) is 0 Å². The van der Waals surface area contributed by atoms with Crippen LogP contribution in [0.1, 0.15) is 42.6 Å². The van der Waals surface area contributed by atoms with Crippen LogP contribution in [0.5, 0.6) is 17.2 Å². The molecule has 2 atom stereocenters. The van der Waals surface area contributed by atoms with E-state index in [4.69, 9.17) is 18.9 Å². The zero-order valence-corrected chi connectivity index (χ0v) is 15.2. The smallest absolute Gasteiger partial charge is 0.314 e. The molecule has 0 bridgehead atoms. The molecule has 2 rings (SSSR count). The van der Waals surface area contributed by atoms with Crippen LogP contribution in [0.4, 0.5) is 0 Å². The SMILES string of the molecule is CC[C@@]1(C(=O)OC)CCc2c(OC)c(OC)c(C)c(OC)c2[C@@H]1O. The molecule has 1 aliphatic rings. The van der Waals surface area contributed by atoms with Crippen LogP contribution in [0.15, 0.2) is 0 Å². The summed E-state index contributed by atoms with van der Waals surface area (Å²) in [5.41, 5.74) is 1.15. The summed E-state index contributed by atoms with van der Waals surface area (Å²) in [4.78, 5) is 12.4. The van der Waals surface area contributed by atoms with Gasteiger partial charge in [-0.25, -0.2) is 0 Å². The Morgan fingerprint density at radius 1 is 1.12 bits per heavy atom. The molecule has 0 aliphatic heterocycles. The first-order chi connectivity index (χ1) is 11.4. The molecule has 0 saturated carbocycles. The number of carbonyl (C=O) groups is 1. The average molecular weight is 338 g/mol. The molecule has 24 heavy (non-hydrogen) atoms. The Kier molecular flexibility index (Phi) is 5.28. The summed E-state index contributed by atoms with van der Waals surface area (Å²) < 4.78 is 21.6. The van der Waals surface area contributed by atoms with Crippen molar-refractivity contribution in [3.63, 3.8) is 0 Å². The fraction of sp³-hybridized carbons (Fsp3) is 0.611. The van der Waals surface area contributed by atoms with Crippen LogP contribution in [0.3, 0.4) is 0 Å². The maximum Gasteiger partial charge on any atom is 0.314 e. The van der Waals surface area contributed by atoms with Crippen molar-refractivity contribution in [2.45, 2.75) is 39.2 Å². The van der Waals surface area contributed by atoms with Gasteiger partial charge in [0.15, 0.2) is 11.5 Å². The Hall–Kier alpha value is -1.95. The maximum absolute atomic E-state index is 12.4. The number of carbonyl (C=O) groups excluding carboxylic acids is 1. The molecule has 0 unspecified atom stereocenters. The molecular formula is C18H26O6. The molecule has 1 aliphatic carbocycles. The Balaban J connectivity index is 2.78. The number of aliphatic hydroxyl groups is 1. The molecule has 0 spiro atoms. The molecule has 0 radical (unpaired) electrons. The van der Waals surface area contributed by atoms with Crippen molar-refractivity contribution in [2.75, 3.05) is 28.4 Å². The molecule has 0 saturated heterocycles. The van der Waals surface area contributed by atoms with Crippen LogP contribution in [0, 0.1) is 12.3 Å². The highest BCUT2D eigenvalue weighted by Gasteiger charge is 2.50. The number of benzene rings is 1. The number of methoxy groups -OCH3 is 4. The van der Waals surface area contributed by atoms with E-state index < -0.39 is 17.5 Å². The van der Waals surface area contributed by atoms with Crippen molar-refractivity contribution in [3.05, 3.63) is 16.7 Å². The molecule has 134 valence electrons. The van der Waals surface area contributed by atoms with Crippen molar-refractivity contribution in [1.82, 2.24) is 0 Å². The molecule has 0 aromatic heterocycles. The molecule has 1 aromatic rings. The van der Waals surface area contributed by atoms with E-state index in [0.29, 0.717) is 42.1 Å². The highest BCUT2D eigenvalue weighted by Crippen LogP contribution is 2.55.